The molecule has 2 aromatic carbocycles. The Hall–Kier alpha value is -2.62. The summed E-state index contributed by atoms with van der Waals surface area (Å²) in [7, 11) is 1.86. The number of carbonyl (C=O) groups is 1. The molecule has 144 valence electrons. The lowest BCUT2D eigenvalue weighted by Gasteiger charge is -2.20. The number of carbonyl (C=O) groups excluding carboxylic acids is 1. The van der Waals surface area contributed by atoms with Crippen LogP contribution in [0.2, 0.25) is 0 Å². The molecule has 4 heteroatoms. The molecule has 1 atom stereocenters. The van der Waals surface area contributed by atoms with Crippen molar-refractivity contribution in [1.82, 2.24) is 9.88 Å². The second-order valence-corrected chi connectivity index (χ2v) is 7.16. The monoisotopic (exact) mass is 366 g/mol. The number of hydrogen-bond donors (Lipinski definition) is 0. The van der Waals surface area contributed by atoms with Gasteiger partial charge in [0.15, 0.2) is 11.5 Å². The van der Waals surface area contributed by atoms with Gasteiger partial charge in [0.2, 0.25) is 5.91 Å². The molecular formula is C23H30N2O2. The Balaban J connectivity index is 0.000000198. The van der Waals surface area contributed by atoms with E-state index in [2.05, 4.69) is 18.8 Å². The van der Waals surface area contributed by atoms with E-state index >= 15 is 0 Å². The van der Waals surface area contributed by atoms with E-state index in [9.17, 15) is 4.79 Å². The van der Waals surface area contributed by atoms with Crippen LogP contribution in [0, 0.1) is 5.92 Å². The standard InChI is InChI=1S/C13H19NO.C10H11NO/c1-4-11(2)13(15)14(3)10-12-8-6-5-7-9-12;1-7(2)10-11-8-5-3-4-6-9(8)12-10/h5-9,11H,4,10H2,1-3H3;3-7H,1-2H3. The van der Waals surface area contributed by atoms with Crippen molar-refractivity contribution >= 4 is 17.0 Å². The number of amides is 1. The fourth-order valence-electron chi connectivity index (χ4n) is 2.62. The molecule has 1 aromatic heterocycles. The normalized spacial score (nSPS) is 11.8. The van der Waals surface area contributed by atoms with E-state index in [1.54, 1.807) is 4.90 Å². The van der Waals surface area contributed by atoms with E-state index in [1.165, 1.54) is 5.56 Å². The summed E-state index contributed by atoms with van der Waals surface area (Å²) in [6, 6.07) is 17.9. The number of hydrogen-bond acceptors (Lipinski definition) is 3. The average molecular weight is 367 g/mol. The van der Waals surface area contributed by atoms with Crippen molar-refractivity contribution in [3.63, 3.8) is 0 Å². The Morgan fingerprint density at radius 1 is 1.04 bits per heavy atom. The maximum Gasteiger partial charge on any atom is 0.225 e. The quantitative estimate of drug-likeness (QED) is 0.587. The first-order valence-electron chi connectivity index (χ1n) is 9.56. The van der Waals surface area contributed by atoms with Crippen LogP contribution in [0.1, 0.15) is 51.5 Å². The van der Waals surface area contributed by atoms with E-state index < -0.39 is 0 Å². The zero-order valence-electron chi connectivity index (χ0n) is 17.0. The number of nitrogens with zero attached hydrogens (tertiary/aromatic N) is 2. The van der Waals surface area contributed by atoms with Gasteiger partial charge in [0.05, 0.1) is 0 Å². The molecule has 0 radical (unpaired) electrons. The molecular weight excluding hydrogens is 336 g/mol. The Morgan fingerprint density at radius 3 is 2.26 bits per heavy atom. The van der Waals surface area contributed by atoms with Gasteiger partial charge < -0.3 is 9.32 Å². The first-order valence-corrected chi connectivity index (χ1v) is 9.56. The van der Waals surface area contributed by atoms with E-state index in [-0.39, 0.29) is 11.8 Å². The highest BCUT2D eigenvalue weighted by molar-refractivity contribution is 5.78. The Bertz CT molecular complexity index is 807. The number of fused-ring (bicyclic) bond motifs is 1. The molecule has 1 amide bonds. The minimum atomic E-state index is 0.124. The molecule has 0 bridgehead atoms. The lowest BCUT2D eigenvalue weighted by Crippen LogP contribution is -2.30. The Kier molecular flexibility index (Phi) is 7.59. The molecule has 0 saturated heterocycles. The highest BCUT2D eigenvalue weighted by atomic mass is 16.3. The fraction of sp³-hybridized carbons (Fsp3) is 0.391. The van der Waals surface area contributed by atoms with Crippen molar-refractivity contribution in [2.24, 2.45) is 5.92 Å². The van der Waals surface area contributed by atoms with Crippen molar-refractivity contribution in [3.8, 4) is 0 Å². The van der Waals surface area contributed by atoms with Gasteiger partial charge >= 0.3 is 0 Å². The molecule has 0 aliphatic heterocycles. The second-order valence-electron chi connectivity index (χ2n) is 7.16. The van der Waals surface area contributed by atoms with E-state index in [0.717, 1.165) is 23.4 Å². The number of para-hydroxylation sites is 2. The van der Waals surface area contributed by atoms with Crippen LogP contribution in [0.5, 0.6) is 0 Å². The van der Waals surface area contributed by atoms with Crippen molar-refractivity contribution in [3.05, 3.63) is 66.1 Å². The first-order chi connectivity index (χ1) is 12.9. The SMILES string of the molecule is CC(C)c1nc2ccccc2o1.CCC(C)C(=O)N(C)Cc1ccccc1. The zero-order chi connectivity index (χ0) is 19.8. The molecule has 0 spiro atoms. The molecule has 3 rings (SSSR count). The van der Waals surface area contributed by atoms with Gasteiger partial charge in [0, 0.05) is 25.4 Å². The molecule has 0 aliphatic rings. The van der Waals surface area contributed by atoms with Gasteiger partial charge in [-0.25, -0.2) is 4.98 Å². The van der Waals surface area contributed by atoms with Crippen LogP contribution in [0.4, 0.5) is 0 Å². The van der Waals surface area contributed by atoms with Crippen molar-refractivity contribution < 1.29 is 9.21 Å². The summed E-state index contributed by atoms with van der Waals surface area (Å²) in [5.41, 5.74) is 3.00. The van der Waals surface area contributed by atoms with Crippen LogP contribution < -0.4 is 0 Å². The van der Waals surface area contributed by atoms with Crippen molar-refractivity contribution in [2.45, 2.75) is 46.6 Å². The molecule has 3 aromatic rings. The highest BCUT2D eigenvalue weighted by Crippen LogP contribution is 2.20. The van der Waals surface area contributed by atoms with Gasteiger partial charge in [0.25, 0.3) is 0 Å². The Labute approximate surface area is 162 Å². The molecule has 1 unspecified atom stereocenters. The van der Waals surface area contributed by atoms with Crippen LogP contribution >= 0.6 is 0 Å². The molecule has 0 fully saturated rings. The van der Waals surface area contributed by atoms with Crippen molar-refractivity contribution in [1.29, 1.82) is 0 Å². The zero-order valence-corrected chi connectivity index (χ0v) is 17.0. The molecule has 0 N–H and O–H groups in total. The highest BCUT2D eigenvalue weighted by Gasteiger charge is 2.15. The van der Waals surface area contributed by atoms with Gasteiger partial charge in [-0.2, -0.15) is 0 Å². The van der Waals surface area contributed by atoms with Crippen LogP contribution in [-0.2, 0) is 11.3 Å². The summed E-state index contributed by atoms with van der Waals surface area (Å²) < 4.78 is 5.52. The van der Waals surface area contributed by atoms with E-state index in [0.29, 0.717) is 12.5 Å². The lowest BCUT2D eigenvalue weighted by atomic mass is 10.1. The minimum absolute atomic E-state index is 0.124. The Morgan fingerprint density at radius 2 is 1.67 bits per heavy atom. The first kappa shape index (κ1) is 20.7. The lowest BCUT2D eigenvalue weighted by molar-refractivity contribution is -0.134. The van der Waals surface area contributed by atoms with Crippen LogP contribution in [0.25, 0.3) is 11.1 Å². The van der Waals surface area contributed by atoms with E-state index in [4.69, 9.17) is 4.42 Å². The van der Waals surface area contributed by atoms with Crippen LogP contribution in [0.15, 0.2) is 59.0 Å². The summed E-state index contributed by atoms with van der Waals surface area (Å²) in [6.45, 7) is 8.86. The molecule has 27 heavy (non-hydrogen) atoms. The predicted octanol–water partition coefficient (Wildman–Crippen LogP) is 5.64. The van der Waals surface area contributed by atoms with E-state index in [1.807, 2.05) is 75.5 Å². The van der Waals surface area contributed by atoms with Gasteiger partial charge in [-0.1, -0.05) is 70.2 Å². The summed E-state index contributed by atoms with van der Waals surface area (Å²) in [4.78, 5) is 17.9. The fourth-order valence-corrected chi connectivity index (χ4v) is 2.62. The van der Waals surface area contributed by atoms with Crippen molar-refractivity contribution in [2.75, 3.05) is 7.05 Å². The third kappa shape index (κ3) is 5.95. The van der Waals surface area contributed by atoms with Gasteiger partial charge in [-0.15, -0.1) is 0 Å². The smallest absolute Gasteiger partial charge is 0.225 e. The number of rotatable bonds is 5. The topological polar surface area (TPSA) is 46.3 Å². The average Bonchev–Trinajstić information content (AvgIpc) is 3.12. The summed E-state index contributed by atoms with van der Waals surface area (Å²) in [5.74, 6) is 1.52. The van der Waals surface area contributed by atoms with Gasteiger partial charge in [-0.05, 0) is 24.1 Å². The second kappa shape index (κ2) is 9.91. The van der Waals surface area contributed by atoms with Gasteiger partial charge in [-0.3, -0.25) is 4.79 Å². The molecule has 1 heterocycles. The van der Waals surface area contributed by atoms with Gasteiger partial charge in [0.1, 0.15) is 5.52 Å². The minimum Gasteiger partial charge on any atom is -0.440 e. The third-order valence-electron chi connectivity index (χ3n) is 4.48. The number of oxazole rings is 1. The largest absolute Gasteiger partial charge is 0.440 e. The molecule has 4 nitrogen and oxygen atoms in total. The maximum absolute atomic E-state index is 11.8. The third-order valence-corrected chi connectivity index (χ3v) is 4.48. The number of benzene rings is 2. The maximum atomic E-state index is 11.8. The number of aromatic nitrogens is 1. The summed E-state index contributed by atoms with van der Waals surface area (Å²) in [6.07, 6.45) is 0.901. The summed E-state index contributed by atoms with van der Waals surface area (Å²) >= 11 is 0. The molecule has 0 saturated carbocycles. The van der Waals surface area contributed by atoms with Crippen LogP contribution in [0.3, 0.4) is 0 Å². The van der Waals surface area contributed by atoms with Crippen LogP contribution in [-0.4, -0.2) is 22.8 Å². The molecule has 0 aliphatic carbocycles. The predicted molar refractivity (Wildman–Crippen MR) is 110 cm³/mol. The summed E-state index contributed by atoms with van der Waals surface area (Å²) in [5, 5.41) is 0.